The molecule has 5 heteroatoms. The molecule has 2 aliphatic heterocycles. The van der Waals surface area contributed by atoms with Crippen molar-refractivity contribution in [3.63, 3.8) is 0 Å². The molecular formula is C22H33N3O2. The summed E-state index contributed by atoms with van der Waals surface area (Å²) in [7, 11) is 0. The number of likely N-dealkylation sites (tertiary alicyclic amines) is 1. The Kier molecular flexibility index (Phi) is 5.81. The normalized spacial score (nSPS) is 32.0. The maximum absolute atomic E-state index is 12.4. The van der Waals surface area contributed by atoms with Gasteiger partial charge in [0.25, 0.3) is 0 Å². The Morgan fingerprint density at radius 1 is 1.15 bits per heavy atom. The summed E-state index contributed by atoms with van der Waals surface area (Å²) >= 11 is 0. The molecule has 2 heterocycles. The highest BCUT2D eigenvalue weighted by Crippen LogP contribution is 2.41. The van der Waals surface area contributed by atoms with Crippen molar-refractivity contribution in [3.8, 4) is 0 Å². The van der Waals surface area contributed by atoms with E-state index in [1.807, 2.05) is 35.2 Å². The number of rotatable bonds is 6. The van der Waals surface area contributed by atoms with Gasteiger partial charge in [-0.3, -0.25) is 4.79 Å². The predicted octanol–water partition coefficient (Wildman–Crippen LogP) is 1.54. The van der Waals surface area contributed by atoms with Gasteiger partial charge < -0.3 is 21.1 Å². The third-order valence-electron chi connectivity index (χ3n) is 7.09. The zero-order chi connectivity index (χ0) is 18.8. The zero-order valence-corrected chi connectivity index (χ0v) is 16.1. The Morgan fingerprint density at radius 2 is 1.81 bits per heavy atom. The molecule has 5 nitrogen and oxygen atoms in total. The van der Waals surface area contributed by atoms with E-state index in [0.717, 1.165) is 12.0 Å². The van der Waals surface area contributed by atoms with Gasteiger partial charge in [-0.1, -0.05) is 43.2 Å². The van der Waals surface area contributed by atoms with Crippen LogP contribution >= 0.6 is 0 Å². The first-order valence-electron chi connectivity index (χ1n) is 10.6. The van der Waals surface area contributed by atoms with Gasteiger partial charge in [-0.25, -0.2) is 0 Å². The number of aliphatic hydroxyl groups excluding tert-OH is 1. The van der Waals surface area contributed by atoms with Crippen molar-refractivity contribution in [2.24, 2.45) is 23.5 Å². The molecule has 1 amide bonds. The van der Waals surface area contributed by atoms with Crippen molar-refractivity contribution in [1.82, 2.24) is 10.2 Å². The molecule has 1 saturated carbocycles. The van der Waals surface area contributed by atoms with Gasteiger partial charge in [0.2, 0.25) is 5.91 Å². The summed E-state index contributed by atoms with van der Waals surface area (Å²) in [6.07, 6.45) is 6.07. The highest BCUT2D eigenvalue weighted by atomic mass is 16.3. The summed E-state index contributed by atoms with van der Waals surface area (Å²) in [6.45, 7) is 2.07. The molecule has 27 heavy (non-hydrogen) atoms. The van der Waals surface area contributed by atoms with Crippen molar-refractivity contribution >= 4 is 5.91 Å². The first kappa shape index (κ1) is 18.9. The maximum Gasteiger partial charge on any atom is 0.227 e. The quantitative estimate of drug-likeness (QED) is 0.709. The Hall–Kier alpha value is -1.43. The van der Waals surface area contributed by atoms with Crippen LogP contribution < -0.4 is 11.1 Å². The van der Waals surface area contributed by atoms with Crippen LogP contribution in [0, 0.1) is 17.8 Å². The molecule has 0 spiro atoms. The SMILES string of the molecule is NCC1NC(CC(O)C2CN(C(=O)Cc3ccccc3)C2)C2CCCCC12. The number of hydrogen-bond donors (Lipinski definition) is 3. The van der Waals surface area contributed by atoms with E-state index in [-0.39, 0.29) is 17.9 Å². The number of carbonyl (C=O) groups is 1. The summed E-state index contributed by atoms with van der Waals surface area (Å²) in [5, 5.41) is 14.5. The predicted molar refractivity (Wildman–Crippen MR) is 106 cm³/mol. The number of aliphatic hydroxyl groups is 1. The van der Waals surface area contributed by atoms with Gasteiger partial charge in [-0.2, -0.15) is 0 Å². The Morgan fingerprint density at radius 3 is 2.48 bits per heavy atom. The first-order chi connectivity index (χ1) is 13.2. The third kappa shape index (κ3) is 4.05. The van der Waals surface area contributed by atoms with Crippen LogP contribution in [0.25, 0.3) is 0 Å². The fraction of sp³-hybridized carbons (Fsp3) is 0.682. The second kappa shape index (κ2) is 8.29. The first-order valence-corrected chi connectivity index (χ1v) is 10.6. The van der Waals surface area contributed by atoms with E-state index in [9.17, 15) is 9.90 Å². The Balaban J connectivity index is 1.25. The summed E-state index contributed by atoms with van der Waals surface area (Å²) in [4.78, 5) is 14.3. The second-order valence-electron chi connectivity index (χ2n) is 8.75. The molecule has 0 aromatic heterocycles. The molecule has 2 saturated heterocycles. The average Bonchev–Trinajstić information content (AvgIpc) is 2.99. The Bertz CT molecular complexity index is 632. The lowest BCUT2D eigenvalue weighted by Gasteiger charge is -2.43. The summed E-state index contributed by atoms with van der Waals surface area (Å²) in [5.41, 5.74) is 7.03. The fourth-order valence-corrected chi connectivity index (χ4v) is 5.49. The fourth-order valence-electron chi connectivity index (χ4n) is 5.49. The standard InChI is InChI=1S/C22H33N3O2/c23-12-20-18-9-5-4-8-17(18)19(24-20)11-21(26)16-13-25(14-16)22(27)10-15-6-2-1-3-7-15/h1-3,6-7,16-21,24,26H,4-5,8-14,23H2. The number of benzene rings is 1. The topological polar surface area (TPSA) is 78.6 Å². The molecule has 0 bridgehead atoms. The molecule has 3 aliphatic rings. The summed E-state index contributed by atoms with van der Waals surface area (Å²) in [6, 6.07) is 10.7. The van der Waals surface area contributed by atoms with Crippen LogP contribution in [0.15, 0.2) is 30.3 Å². The lowest BCUT2D eigenvalue weighted by Crippen LogP contribution is -2.55. The van der Waals surface area contributed by atoms with Crippen LogP contribution in [-0.2, 0) is 11.2 Å². The van der Waals surface area contributed by atoms with Gasteiger partial charge in [0.1, 0.15) is 0 Å². The van der Waals surface area contributed by atoms with Crippen LogP contribution in [0.2, 0.25) is 0 Å². The van der Waals surface area contributed by atoms with Crippen molar-refractivity contribution in [1.29, 1.82) is 0 Å². The number of nitrogens with zero attached hydrogens (tertiary/aromatic N) is 1. The highest BCUT2D eigenvalue weighted by Gasteiger charge is 2.45. The van der Waals surface area contributed by atoms with E-state index >= 15 is 0 Å². The largest absolute Gasteiger partial charge is 0.393 e. The van der Waals surface area contributed by atoms with Gasteiger partial charge in [0.05, 0.1) is 12.5 Å². The van der Waals surface area contributed by atoms with Crippen molar-refractivity contribution < 1.29 is 9.90 Å². The summed E-state index contributed by atoms with van der Waals surface area (Å²) < 4.78 is 0. The van der Waals surface area contributed by atoms with Crippen LogP contribution in [0.5, 0.6) is 0 Å². The molecule has 5 atom stereocenters. The Labute approximate surface area is 162 Å². The lowest BCUT2D eigenvalue weighted by molar-refractivity contribution is -0.140. The third-order valence-corrected chi connectivity index (χ3v) is 7.09. The minimum absolute atomic E-state index is 0.166. The molecule has 1 aromatic carbocycles. The van der Waals surface area contributed by atoms with E-state index in [1.165, 1.54) is 25.7 Å². The van der Waals surface area contributed by atoms with Crippen LogP contribution in [0.4, 0.5) is 0 Å². The molecule has 1 aliphatic carbocycles. The highest BCUT2D eigenvalue weighted by molar-refractivity contribution is 5.79. The smallest absolute Gasteiger partial charge is 0.227 e. The minimum atomic E-state index is -0.331. The number of nitrogens with two attached hydrogens (primary N) is 1. The maximum atomic E-state index is 12.4. The number of carbonyl (C=O) groups excluding carboxylic acids is 1. The number of fused-ring (bicyclic) bond motifs is 1. The minimum Gasteiger partial charge on any atom is -0.393 e. The van der Waals surface area contributed by atoms with E-state index in [0.29, 0.717) is 50.0 Å². The molecule has 0 radical (unpaired) electrons. The second-order valence-corrected chi connectivity index (χ2v) is 8.75. The molecule has 4 rings (SSSR count). The lowest BCUT2D eigenvalue weighted by atomic mass is 9.74. The van der Waals surface area contributed by atoms with Crippen molar-refractivity contribution in [2.75, 3.05) is 19.6 Å². The van der Waals surface area contributed by atoms with E-state index in [1.54, 1.807) is 0 Å². The van der Waals surface area contributed by atoms with Crippen LogP contribution in [-0.4, -0.2) is 53.7 Å². The van der Waals surface area contributed by atoms with Gasteiger partial charge in [-0.05, 0) is 36.7 Å². The molecule has 4 N–H and O–H groups in total. The van der Waals surface area contributed by atoms with E-state index < -0.39 is 0 Å². The zero-order valence-electron chi connectivity index (χ0n) is 16.1. The average molecular weight is 372 g/mol. The van der Waals surface area contributed by atoms with E-state index in [2.05, 4.69) is 5.32 Å². The monoisotopic (exact) mass is 371 g/mol. The van der Waals surface area contributed by atoms with Crippen molar-refractivity contribution in [3.05, 3.63) is 35.9 Å². The van der Waals surface area contributed by atoms with Crippen molar-refractivity contribution in [2.45, 2.75) is 56.7 Å². The van der Waals surface area contributed by atoms with Gasteiger partial charge >= 0.3 is 0 Å². The number of amides is 1. The van der Waals surface area contributed by atoms with Crippen LogP contribution in [0.1, 0.15) is 37.7 Å². The van der Waals surface area contributed by atoms with Gasteiger partial charge in [0, 0.05) is 37.6 Å². The molecule has 1 aromatic rings. The molecule has 148 valence electrons. The van der Waals surface area contributed by atoms with Gasteiger partial charge in [-0.15, -0.1) is 0 Å². The van der Waals surface area contributed by atoms with Crippen LogP contribution in [0.3, 0.4) is 0 Å². The van der Waals surface area contributed by atoms with Gasteiger partial charge in [0.15, 0.2) is 0 Å². The molecule has 3 fully saturated rings. The molecular weight excluding hydrogens is 338 g/mol. The number of nitrogens with one attached hydrogen (secondary N) is 1. The van der Waals surface area contributed by atoms with E-state index in [4.69, 9.17) is 5.73 Å². The number of hydrogen-bond acceptors (Lipinski definition) is 4. The summed E-state index contributed by atoms with van der Waals surface area (Å²) in [5.74, 6) is 1.73. The molecule has 5 unspecified atom stereocenters.